The molecule has 1 amide bonds. The van der Waals surface area contributed by atoms with Crippen molar-refractivity contribution >= 4 is 28.5 Å². The van der Waals surface area contributed by atoms with Crippen LogP contribution in [-0.4, -0.2) is 36.5 Å². The summed E-state index contributed by atoms with van der Waals surface area (Å²) in [6.45, 7) is 3.45. The Hall–Kier alpha value is -0.620. The first-order valence-corrected chi connectivity index (χ1v) is 7.59. The van der Waals surface area contributed by atoms with Gasteiger partial charge in [-0.3, -0.25) is 4.79 Å². The maximum Gasteiger partial charge on any atom is 0.251 e. The van der Waals surface area contributed by atoms with Crippen LogP contribution in [0.4, 0.5) is 0 Å². The number of hydrogen-bond donors (Lipinski definition) is 1. The van der Waals surface area contributed by atoms with Crippen molar-refractivity contribution < 1.29 is 4.79 Å². The lowest BCUT2D eigenvalue weighted by Gasteiger charge is -2.44. The van der Waals surface area contributed by atoms with Crippen molar-refractivity contribution in [2.45, 2.75) is 18.9 Å². The van der Waals surface area contributed by atoms with E-state index in [9.17, 15) is 4.79 Å². The van der Waals surface area contributed by atoms with Gasteiger partial charge in [0.05, 0.1) is 0 Å². The van der Waals surface area contributed by atoms with Crippen molar-refractivity contribution in [3.8, 4) is 0 Å². The van der Waals surface area contributed by atoms with E-state index in [2.05, 4.69) is 32.8 Å². The number of hydrogen-bond acceptors (Lipinski definition) is 2. The molecule has 3 nitrogen and oxygen atoms in total. The van der Waals surface area contributed by atoms with Gasteiger partial charge in [0.25, 0.3) is 5.91 Å². The van der Waals surface area contributed by atoms with Gasteiger partial charge in [-0.05, 0) is 78.7 Å². The van der Waals surface area contributed by atoms with Crippen LogP contribution in [0.25, 0.3) is 0 Å². The maximum absolute atomic E-state index is 12.2. The summed E-state index contributed by atoms with van der Waals surface area (Å²) in [7, 11) is 0. The molecule has 1 aromatic carbocycles. The molecule has 2 bridgehead atoms. The summed E-state index contributed by atoms with van der Waals surface area (Å²) < 4.78 is 1.16. The van der Waals surface area contributed by atoms with Gasteiger partial charge >= 0.3 is 0 Å². The second-order valence-electron chi connectivity index (χ2n) is 5.22. The molecule has 0 spiro atoms. The van der Waals surface area contributed by atoms with Gasteiger partial charge in [-0.25, -0.2) is 0 Å². The van der Waals surface area contributed by atoms with Crippen molar-refractivity contribution in [1.82, 2.24) is 10.2 Å². The summed E-state index contributed by atoms with van der Waals surface area (Å²) in [5.74, 6) is 0.757. The van der Waals surface area contributed by atoms with Gasteiger partial charge in [0.15, 0.2) is 0 Å². The van der Waals surface area contributed by atoms with E-state index in [0.717, 1.165) is 15.7 Å². The predicted molar refractivity (Wildman–Crippen MR) is 79.6 cm³/mol. The zero-order chi connectivity index (χ0) is 12.5. The number of nitrogens with zero attached hydrogens (tertiary/aromatic N) is 1. The number of rotatable bonds is 2. The van der Waals surface area contributed by atoms with Crippen molar-refractivity contribution in [2.24, 2.45) is 5.92 Å². The molecule has 1 atom stereocenters. The highest BCUT2D eigenvalue weighted by Crippen LogP contribution is 2.27. The fourth-order valence-electron chi connectivity index (χ4n) is 2.98. The Bertz CT molecular complexity index is 438. The first kappa shape index (κ1) is 12.4. The fourth-order valence-corrected chi connectivity index (χ4v) is 3.34. The third-order valence-electron chi connectivity index (χ3n) is 4.08. The van der Waals surface area contributed by atoms with Crippen LogP contribution < -0.4 is 5.32 Å². The molecule has 3 heterocycles. The zero-order valence-corrected chi connectivity index (χ0v) is 12.4. The monoisotopic (exact) mass is 356 g/mol. The average Bonchev–Trinajstić information content (AvgIpc) is 2.41. The quantitative estimate of drug-likeness (QED) is 0.824. The molecule has 3 saturated heterocycles. The topological polar surface area (TPSA) is 32.3 Å². The highest BCUT2D eigenvalue weighted by atomic mass is 127. The molecule has 4 heteroatoms. The summed E-state index contributed by atoms with van der Waals surface area (Å²) in [4.78, 5) is 14.6. The van der Waals surface area contributed by atoms with E-state index in [1.807, 2.05) is 24.3 Å². The zero-order valence-electron chi connectivity index (χ0n) is 10.2. The lowest BCUT2D eigenvalue weighted by atomic mass is 9.84. The molecule has 96 valence electrons. The van der Waals surface area contributed by atoms with Crippen LogP contribution >= 0.6 is 22.6 Å². The van der Waals surface area contributed by atoms with Gasteiger partial charge in [-0.2, -0.15) is 0 Å². The highest BCUT2D eigenvalue weighted by molar-refractivity contribution is 14.1. The summed E-state index contributed by atoms with van der Waals surface area (Å²) >= 11 is 2.25. The van der Waals surface area contributed by atoms with Crippen LogP contribution in [0.1, 0.15) is 23.2 Å². The largest absolute Gasteiger partial charge is 0.348 e. The number of halogens is 1. The number of carbonyl (C=O) groups is 1. The molecule has 3 aliphatic rings. The predicted octanol–water partition coefficient (Wildman–Crippen LogP) is 2.12. The Morgan fingerprint density at radius 2 is 1.89 bits per heavy atom. The van der Waals surface area contributed by atoms with Crippen molar-refractivity contribution in [3.05, 3.63) is 33.4 Å². The number of benzene rings is 1. The molecule has 3 fully saturated rings. The van der Waals surface area contributed by atoms with E-state index in [1.54, 1.807) is 0 Å². The maximum atomic E-state index is 12.2. The molecule has 0 aromatic heterocycles. The molecule has 1 N–H and O–H groups in total. The van der Waals surface area contributed by atoms with Gasteiger partial charge in [-0.1, -0.05) is 0 Å². The Balaban J connectivity index is 1.66. The summed E-state index contributed by atoms with van der Waals surface area (Å²) in [6.07, 6.45) is 2.47. The lowest BCUT2D eigenvalue weighted by Crippen LogP contribution is -2.57. The van der Waals surface area contributed by atoms with Crippen LogP contribution in [0, 0.1) is 9.49 Å². The van der Waals surface area contributed by atoms with E-state index in [4.69, 9.17) is 0 Å². The van der Waals surface area contributed by atoms with Gasteiger partial charge in [0.2, 0.25) is 0 Å². The summed E-state index contributed by atoms with van der Waals surface area (Å²) in [5.41, 5.74) is 0.770. The molecule has 0 saturated carbocycles. The number of amides is 1. The standard InChI is InChI=1S/C14H17IN2O/c15-12-3-1-11(2-4-12)14(18)16-13-9-17-7-5-10(13)6-8-17/h1-4,10,13H,5-9H2,(H,16,18). The fraction of sp³-hybridized carbons (Fsp3) is 0.500. The van der Waals surface area contributed by atoms with Crippen LogP contribution in [0.15, 0.2) is 24.3 Å². The van der Waals surface area contributed by atoms with Crippen molar-refractivity contribution in [2.75, 3.05) is 19.6 Å². The third-order valence-corrected chi connectivity index (χ3v) is 4.80. The van der Waals surface area contributed by atoms with E-state index in [-0.39, 0.29) is 5.91 Å². The van der Waals surface area contributed by atoms with Crippen molar-refractivity contribution in [1.29, 1.82) is 0 Å². The van der Waals surface area contributed by atoms with E-state index < -0.39 is 0 Å². The van der Waals surface area contributed by atoms with Crippen LogP contribution in [0.5, 0.6) is 0 Å². The normalized spacial score (nSPS) is 30.2. The van der Waals surface area contributed by atoms with Crippen LogP contribution in [0.2, 0.25) is 0 Å². The third kappa shape index (κ3) is 2.54. The molecule has 0 aliphatic carbocycles. The van der Waals surface area contributed by atoms with Crippen molar-refractivity contribution in [3.63, 3.8) is 0 Å². The van der Waals surface area contributed by atoms with Gasteiger partial charge in [-0.15, -0.1) is 0 Å². The Morgan fingerprint density at radius 1 is 1.22 bits per heavy atom. The smallest absolute Gasteiger partial charge is 0.251 e. The molecule has 1 aromatic rings. The number of piperidine rings is 3. The minimum Gasteiger partial charge on any atom is -0.348 e. The van der Waals surface area contributed by atoms with Gasteiger partial charge in [0.1, 0.15) is 0 Å². The van der Waals surface area contributed by atoms with Gasteiger partial charge in [0, 0.05) is 21.7 Å². The van der Waals surface area contributed by atoms with Gasteiger partial charge < -0.3 is 10.2 Å². The minimum absolute atomic E-state index is 0.0742. The summed E-state index contributed by atoms with van der Waals surface area (Å²) in [5, 5.41) is 3.20. The van der Waals surface area contributed by atoms with E-state index >= 15 is 0 Å². The number of carbonyl (C=O) groups excluding carboxylic acids is 1. The van der Waals surface area contributed by atoms with Crippen LogP contribution in [-0.2, 0) is 0 Å². The number of fused-ring (bicyclic) bond motifs is 3. The van der Waals surface area contributed by atoms with Crippen LogP contribution in [0.3, 0.4) is 0 Å². The second kappa shape index (κ2) is 5.17. The first-order valence-electron chi connectivity index (χ1n) is 6.51. The molecular formula is C14H17IN2O. The Kier molecular flexibility index (Phi) is 3.56. The lowest BCUT2D eigenvalue weighted by molar-refractivity contribution is 0.0620. The highest BCUT2D eigenvalue weighted by Gasteiger charge is 2.34. The van der Waals surface area contributed by atoms with E-state index in [1.165, 1.54) is 25.9 Å². The SMILES string of the molecule is O=C(NC1CN2CCC1CC2)c1ccc(I)cc1. The number of nitrogens with one attached hydrogen (secondary N) is 1. The second-order valence-corrected chi connectivity index (χ2v) is 6.47. The molecule has 3 aliphatic heterocycles. The molecule has 0 radical (unpaired) electrons. The van der Waals surface area contributed by atoms with E-state index in [0.29, 0.717) is 12.0 Å². The molecular weight excluding hydrogens is 339 g/mol. The molecule has 4 rings (SSSR count). The first-order chi connectivity index (χ1) is 8.72. The average molecular weight is 356 g/mol. The molecule has 18 heavy (non-hydrogen) atoms. The Morgan fingerprint density at radius 3 is 2.44 bits per heavy atom. The molecule has 1 unspecified atom stereocenters. The summed E-state index contributed by atoms with van der Waals surface area (Å²) in [6, 6.07) is 8.11. The minimum atomic E-state index is 0.0742. The Labute approximate surface area is 121 Å².